The van der Waals surface area contributed by atoms with E-state index >= 15 is 0 Å². The van der Waals surface area contributed by atoms with Crippen LogP contribution < -0.4 is 10.6 Å². The zero-order chi connectivity index (χ0) is 16.2. The molecule has 2 aromatic rings. The van der Waals surface area contributed by atoms with Crippen LogP contribution in [0.5, 0.6) is 0 Å². The second-order valence-corrected chi connectivity index (χ2v) is 4.27. The van der Waals surface area contributed by atoms with E-state index in [1.165, 1.54) is 42.7 Å². The third kappa shape index (κ3) is 4.11. The largest absolute Gasteiger partial charge is 0.459 e. The van der Waals surface area contributed by atoms with Crippen molar-refractivity contribution in [3.63, 3.8) is 0 Å². The van der Waals surface area contributed by atoms with E-state index in [1.807, 2.05) is 0 Å². The van der Waals surface area contributed by atoms with E-state index in [1.54, 1.807) is 5.32 Å². The van der Waals surface area contributed by atoms with Crippen LogP contribution >= 0.6 is 0 Å². The molecule has 5 nitrogen and oxygen atoms in total. The van der Waals surface area contributed by atoms with Crippen LogP contribution in [0.25, 0.3) is 0 Å². The van der Waals surface area contributed by atoms with E-state index in [4.69, 9.17) is 4.42 Å². The van der Waals surface area contributed by atoms with Crippen molar-refractivity contribution in [1.82, 2.24) is 5.32 Å². The number of furan rings is 1. The predicted octanol–water partition coefficient (Wildman–Crippen LogP) is 2.82. The Bertz CT molecular complexity index is 666. The van der Waals surface area contributed by atoms with Gasteiger partial charge in [0.2, 0.25) is 0 Å². The van der Waals surface area contributed by atoms with Crippen LogP contribution in [0, 0.1) is 0 Å². The van der Waals surface area contributed by atoms with E-state index in [9.17, 15) is 22.8 Å². The molecular formula is C14H11F3N2O3. The second-order valence-electron chi connectivity index (χ2n) is 4.27. The number of anilines is 1. The molecule has 1 aromatic heterocycles. The number of hydrogen-bond donors (Lipinski definition) is 2. The maximum Gasteiger partial charge on any atom is 0.405 e. The molecule has 0 unspecified atom stereocenters. The van der Waals surface area contributed by atoms with Crippen molar-refractivity contribution < 1.29 is 27.2 Å². The minimum Gasteiger partial charge on any atom is -0.459 e. The fraction of sp³-hybridized carbons (Fsp3) is 0.143. The van der Waals surface area contributed by atoms with Crippen LogP contribution in [0.15, 0.2) is 47.1 Å². The van der Waals surface area contributed by atoms with Crippen LogP contribution in [0.3, 0.4) is 0 Å². The lowest BCUT2D eigenvalue weighted by atomic mass is 10.1. The summed E-state index contributed by atoms with van der Waals surface area (Å²) in [5.41, 5.74) is 0.00947. The second kappa shape index (κ2) is 6.33. The third-order valence-electron chi connectivity index (χ3n) is 2.61. The Kier molecular flexibility index (Phi) is 4.50. The van der Waals surface area contributed by atoms with Crippen LogP contribution in [-0.4, -0.2) is 24.5 Å². The lowest BCUT2D eigenvalue weighted by Crippen LogP contribution is -2.34. The molecule has 0 saturated carbocycles. The number of para-hydroxylation sites is 1. The minimum atomic E-state index is -4.51. The monoisotopic (exact) mass is 312 g/mol. The van der Waals surface area contributed by atoms with E-state index in [2.05, 4.69) is 5.32 Å². The molecular weight excluding hydrogens is 301 g/mol. The molecule has 0 saturated heterocycles. The van der Waals surface area contributed by atoms with Gasteiger partial charge >= 0.3 is 6.18 Å². The summed E-state index contributed by atoms with van der Waals surface area (Å²) in [6.07, 6.45) is -3.21. The molecule has 0 radical (unpaired) electrons. The summed E-state index contributed by atoms with van der Waals surface area (Å²) in [5, 5.41) is 4.16. The average molecular weight is 312 g/mol. The maximum atomic E-state index is 12.1. The van der Waals surface area contributed by atoms with E-state index in [0.717, 1.165) is 0 Å². The number of nitrogens with one attached hydrogen (secondary N) is 2. The van der Waals surface area contributed by atoms with Gasteiger partial charge in [-0.1, -0.05) is 12.1 Å². The molecule has 2 rings (SSSR count). The average Bonchev–Trinajstić information content (AvgIpc) is 2.99. The van der Waals surface area contributed by atoms with E-state index in [-0.39, 0.29) is 17.0 Å². The number of rotatable bonds is 4. The van der Waals surface area contributed by atoms with Crippen molar-refractivity contribution >= 4 is 17.5 Å². The van der Waals surface area contributed by atoms with Crippen LogP contribution in [0.4, 0.5) is 18.9 Å². The van der Waals surface area contributed by atoms with Gasteiger partial charge in [0, 0.05) is 0 Å². The molecule has 0 spiro atoms. The summed E-state index contributed by atoms with van der Waals surface area (Å²) in [7, 11) is 0. The SMILES string of the molecule is O=C(Nc1ccccc1C(=O)NCC(F)(F)F)c1ccco1. The number of benzene rings is 1. The summed E-state index contributed by atoms with van der Waals surface area (Å²) in [6.45, 7) is -1.45. The molecule has 0 bridgehead atoms. The summed E-state index contributed by atoms with van der Waals surface area (Å²) in [4.78, 5) is 23.6. The van der Waals surface area contributed by atoms with Gasteiger partial charge in [0.15, 0.2) is 5.76 Å². The molecule has 2 amide bonds. The van der Waals surface area contributed by atoms with E-state index < -0.39 is 24.5 Å². The highest BCUT2D eigenvalue weighted by molar-refractivity contribution is 6.07. The Balaban J connectivity index is 2.13. The Morgan fingerprint density at radius 3 is 2.41 bits per heavy atom. The van der Waals surface area contributed by atoms with Gasteiger partial charge in [-0.15, -0.1) is 0 Å². The summed E-state index contributed by atoms with van der Waals surface area (Å²) in [5.74, 6) is -1.53. The zero-order valence-corrected chi connectivity index (χ0v) is 11.1. The Labute approximate surface area is 123 Å². The highest BCUT2D eigenvalue weighted by Crippen LogP contribution is 2.18. The lowest BCUT2D eigenvalue weighted by Gasteiger charge is -2.12. The van der Waals surface area contributed by atoms with Crippen LogP contribution in [-0.2, 0) is 0 Å². The number of carbonyl (C=O) groups is 2. The Hall–Kier alpha value is -2.77. The summed E-state index contributed by atoms with van der Waals surface area (Å²) < 4.78 is 41.3. The van der Waals surface area contributed by atoms with Gasteiger partial charge in [-0.25, -0.2) is 0 Å². The minimum absolute atomic E-state index is 0.0190. The smallest absolute Gasteiger partial charge is 0.405 e. The van der Waals surface area contributed by atoms with Gasteiger partial charge in [0.25, 0.3) is 11.8 Å². The van der Waals surface area contributed by atoms with Crippen LogP contribution in [0.2, 0.25) is 0 Å². The topological polar surface area (TPSA) is 71.3 Å². The molecule has 0 aliphatic carbocycles. The molecule has 0 atom stereocenters. The standard InChI is InChI=1S/C14H11F3N2O3/c15-14(16,17)8-18-12(20)9-4-1-2-5-10(9)19-13(21)11-6-3-7-22-11/h1-7H,8H2,(H,18,20)(H,19,21). The molecule has 2 N–H and O–H groups in total. The molecule has 0 fully saturated rings. The first kappa shape index (κ1) is 15.6. The Morgan fingerprint density at radius 2 is 1.77 bits per heavy atom. The fourth-order valence-corrected chi connectivity index (χ4v) is 1.66. The zero-order valence-electron chi connectivity index (χ0n) is 11.1. The Morgan fingerprint density at radius 1 is 1.05 bits per heavy atom. The van der Waals surface area contributed by atoms with Gasteiger partial charge in [-0.3, -0.25) is 9.59 Å². The van der Waals surface area contributed by atoms with Crippen LogP contribution in [0.1, 0.15) is 20.9 Å². The normalized spacial score (nSPS) is 11.0. The molecule has 1 heterocycles. The molecule has 22 heavy (non-hydrogen) atoms. The van der Waals surface area contributed by atoms with Gasteiger partial charge < -0.3 is 15.1 Å². The number of halogens is 3. The molecule has 1 aromatic carbocycles. The highest BCUT2D eigenvalue weighted by atomic mass is 19.4. The fourth-order valence-electron chi connectivity index (χ4n) is 1.66. The van der Waals surface area contributed by atoms with Crippen molar-refractivity contribution in [3.8, 4) is 0 Å². The first-order valence-electron chi connectivity index (χ1n) is 6.15. The molecule has 0 aliphatic rings. The lowest BCUT2D eigenvalue weighted by molar-refractivity contribution is -0.123. The van der Waals surface area contributed by atoms with Crippen molar-refractivity contribution in [2.24, 2.45) is 0 Å². The van der Waals surface area contributed by atoms with Crippen molar-refractivity contribution in [2.75, 3.05) is 11.9 Å². The van der Waals surface area contributed by atoms with Gasteiger partial charge in [0.1, 0.15) is 6.54 Å². The maximum absolute atomic E-state index is 12.1. The number of amides is 2. The first-order valence-corrected chi connectivity index (χ1v) is 6.15. The highest BCUT2D eigenvalue weighted by Gasteiger charge is 2.28. The number of alkyl halides is 3. The number of hydrogen-bond acceptors (Lipinski definition) is 3. The van der Waals surface area contributed by atoms with Gasteiger partial charge in [-0.2, -0.15) is 13.2 Å². The van der Waals surface area contributed by atoms with Gasteiger partial charge in [-0.05, 0) is 24.3 Å². The van der Waals surface area contributed by atoms with E-state index in [0.29, 0.717) is 0 Å². The first-order chi connectivity index (χ1) is 10.4. The van der Waals surface area contributed by atoms with Crippen molar-refractivity contribution in [1.29, 1.82) is 0 Å². The molecule has 116 valence electrons. The van der Waals surface area contributed by atoms with Crippen molar-refractivity contribution in [3.05, 3.63) is 54.0 Å². The van der Waals surface area contributed by atoms with Gasteiger partial charge in [0.05, 0.1) is 17.5 Å². The van der Waals surface area contributed by atoms with Crippen molar-refractivity contribution in [2.45, 2.75) is 6.18 Å². The summed E-state index contributed by atoms with van der Waals surface area (Å²) >= 11 is 0. The molecule has 0 aliphatic heterocycles. The third-order valence-corrected chi connectivity index (χ3v) is 2.61. The predicted molar refractivity (Wildman–Crippen MR) is 71.5 cm³/mol. The summed E-state index contributed by atoms with van der Waals surface area (Å²) in [6, 6.07) is 8.66. The quantitative estimate of drug-likeness (QED) is 0.912. The molecule has 8 heteroatoms. The number of carbonyl (C=O) groups excluding carboxylic acids is 2.